The highest BCUT2D eigenvalue weighted by Gasteiger charge is 2.41. The predicted octanol–water partition coefficient (Wildman–Crippen LogP) is 5.43. The molecule has 0 aliphatic carbocycles. The fraction of sp³-hybridized carbons (Fsp3) is 0.357. The highest BCUT2D eigenvalue weighted by Crippen LogP contribution is 2.37. The van der Waals surface area contributed by atoms with Gasteiger partial charge in [0.1, 0.15) is 5.92 Å². The molecule has 0 spiro atoms. The van der Waals surface area contributed by atoms with Gasteiger partial charge in [-0.25, -0.2) is 9.78 Å². The maximum Gasteiger partial charge on any atom is 0.336 e. The number of aromatic nitrogens is 1. The molecule has 6 heteroatoms. The lowest BCUT2D eigenvalue weighted by atomic mass is 9.76. The number of aliphatic imine (C=N–C) groups is 1. The van der Waals surface area contributed by atoms with Crippen molar-refractivity contribution in [2.24, 2.45) is 16.8 Å². The number of hydrogen-bond acceptors (Lipinski definition) is 6. The number of fused-ring (bicyclic) bond motifs is 2. The molecule has 0 bridgehead atoms. The first kappa shape index (κ1) is 23.6. The molecular formula is C28H30N2O4. The molecule has 34 heavy (non-hydrogen) atoms. The SMILES string of the molecule is CCOC(=O)C1=C(C)N=C(C)C(C(=O)OCC)[C@H]1CCc1c2ccccc2nc2ccccc12. The standard InChI is InChI=1S/C28H30N2O4/c1-5-33-27(31)25-17(3)29-18(4)26(28(32)34-6-2)22(25)16-15-19-20-11-7-9-13-23(20)30-24-14-10-8-12-21(19)24/h7-14,22,25H,5-6,15-16H2,1-4H3/t22-,25?/m1/s1. The highest BCUT2D eigenvalue weighted by molar-refractivity contribution is 6.05. The van der Waals surface area contributed by atoms with Crippen molar-refractivity contribution < 1.29 is 19.1 Å². The van der Waals surface area contributed by atoms with Gasteiger partial charge < -0.3 is 9.47 Å². The maximum atomic E-state index is 13.0. The van der Waals surface area contributed by atoms with Crippen LogP contribution in [-0.4, -0.2) is 35.8 Å². The van der Waals surface area contributed by atoms with Gasteiger partial charge in [0, 0.05) is 28.1 Å². The number of carbonyl (C=O) groups excluding carboxylic acids is 2. The van der Waals surface area contributed by atoms with E-state index in [1.54, 1.807) is 20.8 Å². The number of carbonyl (C=O) groups is 2. The summed E-state index contributed by atoms with van der Waals surface area (Å²) >= 11 is 0. The largest absolute Gasteiger partial charge is 0.465 e. The van der Waals surface area contributed by atoms with Gasteiger partial charge in [0.05, 0.1) is 29.8 Å². The molecule has 2 aromatic carbocycles. The van der Waals surface area contributed by atoms with Crippen LogP contribution in [0.15, 0.2) is 64.8 Å². The van der Waals surface area contributed by atoms with Crippen molar-refractivity contribution in [3.05, 3.63) is 65.4 Å². The van der Waals surface area contributed by atoms with Crippen LogP contribution in [0.5, 0.6) is 0 Å². The monoisotopic (exact) mass is 458 g/mol. The summed E-state index contributed by atoms with van der Waals surface area (Å²) in [5.41, 5.74) is 4.75. The van der Waals surface area contributed by atoms with E-state index in [4.69, 9.17) is 14.5 Å². The maximum absolute atomic E-state index is 13.0. The number of hydrogen-bond donors (Lipinski definition) is 0. The van der Waals surface area contributed by atoms with Crippen molar-refractivity contribution in [3.8, 4) is 0 Å². The van der Waals surface area contributed by atoms with E-state index >= 15 is 0 Å². The normalized spacial score (nSPS) is 18.2. The van der Waals surface area contributed by atoms with Gasteiger partial charge in [-0.1, -0.05) is 36.4 Å². The van der Waals surface area contributed by atoms with Crippen molar-refractivity contribution in [1.82, 2.24) is 4.98 Å². The molecule has 0 radical (unpaired) electrons. The number of nitrogens with zero attached hydrogens (tertiary/aromatic N) is 2. The number of aryl methyl sites for hydroxylation is 1. The van der Waals surface area contributed by atoms with E-state index in [1.807, 2.05) is 43.3 Å². The first-order valence-electron chi connectivity index (χ1n) is 11.8. The van der Waals surface area contributed by atoms with Crippen LogP contribution in [0.3, 0.4) is 0 Å². The molecular weight excluding hydrogens is 428 g/mol. The van der Waals surface area contributed by atoms with Crippen LogP contribution in [0.2, 0.25) is 0 Å². The summed E-state index contributed by atoms with van der Waals surface area (Å²) in [4.78, 5) is 35.3. The third kappa shape index (κ3) is 4.45. The van der Waals surface area contributed by atoms with Crippen LogP contribution in [0.4, 0.5) is 0 Å². The number of pyridine rings is 1. The summed E-state index contributed by atoms with van der Waals surface area (Å²) in [7, 11) is 0. The quantitative estimate of drug-likeness (QED) is 0.349. The van der Waals surface area contributed by atoms with Gasteiger partial charge in [-0.05, 0) is 58.2 Å². The Morgan fingerprint density at radius 1 is 0.882 bits per heavy atom. The first-order chi connectivity index (χ1) is 16.5. The Kier molecular flexibility index (Phi) is 7.06. The van der Waals surface area contributed by atoms with Crippen molar-refractivity contribution >= 4 is 39.5 Å². The topological polar surface area (TPSA) is 77.8 Å². The Bertz CT molecular complexity index is 1250. The minimum Gasteiger partial charge on any atom is -0.465 e. The zero-order valence-electron chi connectivity index (χ0n) is 20.1. The summed E-state index contributed by atoms with van der Waals surface area (Å²) in [6.07, 6.45) is 1.23. The lowest BCUT2D eigenvalue weighted by molar-refractivity contribution is -0.147. The van der Waals surface area contributed by atoms with E-state index in [0.717, 1.165) is 27.4 Å². The van der Waals surface area contributed by atoms with Crippen LogP contribution in [0.25, 0.3) is 21.8 Å². The van der Waals surface area contributed by atoms with E-state index < -0.39 is 11.9 Å². The molecule has 1 aromatic heterocycles. The summed E-state index contributed by atoms with van der Waals surface area (Å²) in [6.45, 7) is 7.72. The van der Waals surface area contributed by atoms with Gasteiger partial charge >= 0.3 is 11.9 Å². The molecule has 6 nitrogen and oxygen atoms in total. The number of benzene rings is 2. The fourth-order valence-corrected chi connectivity index (χ4v) is 5.00. The van der Waals surface area contributed by atoms with E-state index in [1.165, 1.54) is 0 Å². The summed E-state index contributed by atoms with van der Waals surface area (Å²) in [5.74, 6) is -1.78. The molecule has 176 valence electrons. The van der Waals surface area contributed by atoms with Crippen LogP contribution in [0.1, 0.15) is 39.7 Å². The number of para-hydroxylation sites is 2. The van der Waals surface area contributed by atoms with Gasteiger partial charge in [0.25, 0.3) is 0 Å². The highest BCUT2D eigenvalue weighted by atomic mass is 16.5. The number of esters is 2. The van der Waals surface area contributed by atoms with E-state index in [-0.39, 0.29) is 25.1 Å². The van der Waals surface area contributed by atoms with Crippen molar-refractivity contribution in [2.45, 2.75) is 40.5 Å². The molecule has 1 aliphatic rings. The third-order valence-electron chi connectivity index (χ3n) is 6.40. The Labute approximate surface area is 199 Å². The van der Waals surface area contributed by atoms with Gasteiger partial charge in [-0.15, -0.1) is 0 Å². The molecule has 2 heterocycles. The lowest BCUT2D eigenvalue weighted by Crippen LogP contribution is -2.38. The second-order valence-electron chi connectivity index (χ2n) is 8.47. The van der Waals surface area contributed by atoms with Crippen molar-refractivity contribution in [1.29, 1.82) is 0 Å². The molecule has 2 atom stereocenters. The Balaban J connectivity index is 1.79. The lowest BCUT2D eigenvalue weighted by Gasteiger charge is -2.31. The molecule has 0 N–H and O–H groups in total. The minimum absolute atomic E-state index is 0.259. The second-order valence-corrected chi connectivity index (χ2v) is 8.47. The number of rotatable bonds is 7. The number of allylic oxidation sites excluding steroid dienone is 1. The van der Waals surface area contributed by atoms with Crippen LogP contribution in [-0.2, 0) is 25.5 Å². The van der Waals surface area contributed by atoms with Gasteiger partial charge in [0.15, 0.2) is 0 Å². The van der Waals surface area contributed by atoms with Crippen LogP contribution in [0, 0.1) is 11.8 Å². The average Bonchev–Trinajstić information content (AvgIpc) is 2.81. The molecule has 4 rings (SSSR count). The van der Waals surface area contributed by atoms with E-state index in [9.17, 15) is 9.59 Å². The first-order valence-corrected chi connectivity index (χ1v) is 11.8. The smallest absolute Gasteiger partial charge is 0.336 e. The van der Waals surface area contributed by atoms with Gasteiger partial charge in [-0.2, -0.15) is 0 Å². The molecule has 0 saturated carbocycles. The minimum atomic E-state index is -0.623. The molecule has 0 fully saturated rings. The fourth-order valence-electron chi connectivity index (χ4n) is 5.00. The van der Waals surface area contributed by atoms with E-state index in [0.29, 0.717) is 29.8 Å². The second kappa shape index (κ2) is 10.2. The molecule has 1 unspecified atom stereocenters. The summed E-state index contributed by atoms with van der Waals surface area (Å²) < 4.78 is 10.8. The Morgan fingerprint density at radius 2 is 1.47 bits per heavy atom. The molecule has 3 aromatic rings. The Morgan fingerprint density at radius 3 is 2.06 bits per heavy atom. The van der Waals surface area contributed by atoms with E-state index in [2.05, 4.69) is 17.1 Å². The van der Waals surface area contributed by atoms with Crippen LogP contribution < -0.4 is 0 Å². The van der Waals surface area contributed by atoms with Gasteiger partial charge in [0.2, 0.25) is 0 Å². The molecule has 0 amide bonds. The zero-order chi connectivity index (χ0) is 24.2. The van der Waals surface area contributed by atoms with Crippen LogP contribution >= 0.6 is 0 Å². The predicted molar refractivity (Wildman–Crippen MR) is 134 cm³/mol. The van der Waals surface area contributed by atoms with Crippen molar-refractivity contribution in [2.75, 3.05) is 13.2 Å². The molecule has 0 saturated heterocycles. The Hall–Kier alpha value is -3.54. The summed E-state index contributed by atoms with van der Waals surface area (Å²) in [6, 6.07) is 16.2. The molecule has 1 aliphatic heterocycles. The van der Waals surface area contributed by atoms with Gasteiger partial charge in [-0.3, -0.25) is 9.79 Å². The average molecular weight is 459 g/mol. The van der Waals surface area contributed by atoms with Crippen molar-refractivity contribution in [3.63, 3.8) is 0 Å². The summed E-state index contributed by atoms with van der Waals surface area (Å²) in [5, 5.41) is 2.15. The zero-order valence-corrected chi connectivity index (χ0v) is 20.1. The third-order valence-corrected chi connectivity index (χ3v) is 6.40. The number of ether oxygens (including phenoxy) is 2.